The molecule has 1 unspecified atom stereocenters. The normalized spacial score (nSPS) is 18.5. The minimum atomic E-state index is 0.0370. The molecule has 2 aromatic rings. The molecular formula is C18H23N3O2S. The Kier molecular flexibility index (Phi) is 5.28. The number of thiazole rings is 1. The van der Waals surface area contributed by atoms with E-state index in [1.165, 1.54) is 0 Å². The summed E-state index contributed by atoms with van der Waals surface area (Å²) in [4.78, 5) is 20.6. The summed E-state index contributed by atoms with van der Waals surface area (Å²) in [6.07, 6.45) is 0.0454. The summed E-state index contributed by atoms with van der Waals surface area (Å²) in [7, 11) is 3.55. The molecule has 0 saturated carbocycles. The van der Waals surface area contributed by atoms with Crippen LogP contribution in [0.5, 0.6) is 0 Å². The van der Waals surface area contributed by atoms with E-state index in [-0.39, 0.29) is 12.0 Å². The fourth-order valence-corrected chi connectivity index (χ4v) is 3.67. The third-order valence-electron chi connectivity index (χ3n) is 4.05. The Morgan fingerprint density at radius 2 is 2.29 bits per heavy atom. The van der Waals surface area contributed by atoms with Gasteiger partial charge in [-0.1, -0.05) is 12.1 Å². The molecule has 5 nitrogen and oxygen atoms in total. The topological polar surface area (TPSA) is 45.7 Å². The molecule has 1 aliphatic rings. The molecule has 1 aliphatic heterocycles. The van der Waals surface area contributed by atoms with Crippen LogP contribution in [0.15, 0.2) is 29.6 Å². The van der Waals surface area contributed by atoms with Crippen molar-refractivity contribution in [2.75, 3.05) is 33.8 Å². The summed E-state index contributed by atoms with van der Waals surface area (Å²) < 4.78 is 5.88. The highest BCUT2D eigenvalue weighted by molar-refractivity contribution is 7.09. The Morgan fingerprint density at radius 1 is 1.46 bits per heavy atom. The fraction of sp³-hybridized carbons (Fsp3) is 0.444. The van der Waals surface area contributed by atoms with Crippen molar-refractivity contribution in [1.29, 1.82) is 0 Å². The van der Waals surface area contributed by atoms with Gasteiger partial charge in [0.25, 0.3) is 5.91 Å². The lowest BCUT2D eigenvalue weighted by Gasteiger charge is -2.32. The van der Waals surface area contributed by atoms with Crippen molar-refractivity contribution in [3.05, 3.63) is 51.5 Å². The van der Waals surface area contributed by atoms with Gasteiger partial charge < -0.3 is 9.64 Å². The van der Waals surface area contributed by atoms with Gasteiger partial charge in [0.15, 0.2) is 0 Å². The Morgan fingerprint density at radius 3 is 3.00 bits per heavy atom. The number of carbonyl (C=O) groups is 1. The molecule has 1 amide bonds. The van der Waals surface area contributed by atoms with Gasteiger partial charge in [-0.3, -0.25) is 9.69 Å². The van der Waals surface area contributed by atoms with Crippen LogP contribution in [0, 0.1) is 6.92 Å². The van der Waals surface area contributed by atoms with Gasteiger partial charge in [-0.2, -0.15) is 0 Å². The second-order valence-corrected chi connectivity index (χ2v) is 7.21. The first-order valence-electron chi connectivity index (χ1n) is 8.09. The number of aromatic nitrogens is 1. The maximum atomic E-state index is 12.1. The van der Waals surface area contributed by atoms with Crippen LogP contribution in [0.1, 0.15) is 32.7 Å². The highest BCUT2D eigenvalue weighted by Gasteiger charge is 2.24. The molecule has 0 N–H and O–H groups in total. The van der Waals surface area contributed by atoms with E-state index in [1.807, 2.05) is 25.1 Å². The SMILES string of the molecule is Cc1csc(C2CN(Cc3cccc(C(=O)N(C)C)c3)CCO2)n1. The first kappa shape index (κ1) is 17.1. The molecule has 3 rings (SSSR count). The van der Waals surface area contributed by atoms with Gasteiger partial charge in [-0.15, -0.1) is 11.3 Å². The fourth-order valence-electron chi connectivity index (χ4n) is 2.83. The molecule has 0 radical (unpaired) electrons. The van der Waals surface area contributed by atoms with E-state index < -0.39 is 0 Å². The molecule has 6 heteroatoms. The van der Waals surface area contributed by atoms with Gasteiger partial charge in [0.05, 0.1) is 6.61 Å². The van der Waals surface area contributed by atoms with Crippen molar-refractivity contribution in [2.24, 2.45) is 0 Å². The van der Waals surface area contributed by atoms with E-state index in [9.17, 15) is 4.79 Å². The Labute approximate surface area is 146 Å². The maximum absolute atomic E-state index is 12.1. The third kappa shape index (κ3) is 4.01. The van der Waals surface area contributed by atoms with Gasteiger partial charge in [0, 0.05) is 50.4 Å². The first-order valence-corrected chi connectivity index (χ1v) is 8.97. The van der Waals surface area contributed by atoms with Crippen LogP contribution < -0.4 is 0 Å². The number of nitrogens with zero attached hydrogens (tertiary/aromatic N) is 3. The molecule has 1 aromatic carbocycles. The zero-order valence-electron chi connectivity index (χ0n) is 14.4. The van der Waals surface area contributed by atoms with Gasteiger partial charge >= 0.3 is 0 Å². The van der Waals surface area contributed by atoms with Crippen molar-refractivity contribution >= 4 is 17.2 Å². The molecule has 2 heterocycles. The molecule has 1 atom stereocenters. The largest absolute Gasteiger partial charge is 0.368 e. The van der Waals surface area contributed by atoms with Crippen molar-refractivity contribution in [3.8, 4) is 0 Å². The van der Waals surface area contributed by atoms with E-state index in [0.29, 0.717) is 6.61 Å². The lowest BCUT2D eigenvalue weighted by atomic mass is 10.1. The molecule has 128 valence electrons. The van der Waals surface area contributed by atoms with Crippen molar-refractivity contribution in [2.45, 2.75) is 19.6 Å². The number of rotatable bonds is 4. The molecule has 1 aromatic heterocycles. The summed E-state index contributed by atoms with van der Waals surface area (Å²) in [5.74, 6) is 0.0370. The number of ether oxygens (including phenoxy) is 1. The van der Waals surface area contributed by atoms with Gasteiger partial charge in [0.1, 0.15) is 11.1 Å². The average Bonchev–Trinajstić information content (AvgIpc) is 3.01. The first-order chi connectivity index (χ1) is 11.5. The molecule has 0 aliphatic carbocycles. The zero-order chi connectivity index (χ0) is 17.1. The van der Waals surface area contributed by atoms with Crippen molar-refractivity contribution < 1.29 is 9.53 Å². The molecule has 1 fully saturated rings. The summed E-state index contributed by atoms with van der Waals surface area (Å²) in [6.45, 7) is 5.26. The highest BCUT2D eigenvalue weighted by atomic mass is 32.1. The number of benzene rings is 1. The number of amides is 1. The number of aryl methyl sites for hydroxylation is 1. The predicted octanol–water partition coefficient (Wildman–Crippen LogP) is 2.73. The second-order valence-electron chi connectivity index (χ2n) is 6.32. The van der Waals surface area contributed by atoms with Gasteiger partial charge in [-0.05, 0) is 24.6 Å². The molecule has 0 bridgehead atoms. The lowest BCUT2D eigenvalue weighted by Crippen LogP contribution is -2.37. The standard InChI is InChI=1S/C18H23N3O2S/c1-13-12-24-17(19-13)16-11-21(7-8-23-16)10-14-5-4-6-15(9-14)18(22)20(2)3/h4-6,9,12,16H,7-8,10-11H2,1-3H3. The van der Waals surface area contributed by atoms with Crippen LogP contribution in [0.4, 0.5) is 0 Å². The third-order valence-corrected chi connectivity index (χ3v) is 5.10. The molecule has 1 saturated heterocycles. The van der Waals surface area contributed by atoms with E-state index in [4.69, 9.17) is 4.74 Å². The summed E-state index contributed by atoms with van der Waals surface area (Å²) in [6, 6.07) is 7.88. The van der Waals surface area contributed by atoms with E-state index in [0.717, 1.165) is 41.5 Å². The van der Waals surface area contributed by atoms with E-state index in [2.05, 4.69) is 21.3 Å². The van der Waals surface area contributed by atoms with E-state index in [1.54, 1.807) is 30.3 Å². The quantitative estimate of drug-likeness (QED) is 0.855. The molecular weight excluding hydrogens is 322 g/mol. The van der Waals surface area contributed by atoms with Gasteiger partial charge in [0.2, 0.25) is 0 Å². The van der Waals surface area contributed by atoms with Crippen molar-refractivity contribution in [1.82, 2.24) is 14.8 Å². The number of hydrogen-bond acceptors (Lipinski definition) is 5. The predicted molar refractivity (Wildman–Crippen MR) is 95.3 cm³/mol. The lowest BCUT2D eigenvalue weighted by molar-refractivity contribution is -0.0330. The Bertz CT molecular complexity index is 714. The minimum Gasteiger partial charge on any atom is -0.368 e. The van der Waals surface area contributed by atoms with Gasteiger partial charge in [-0.25, -0.2) is 4.98 Å². The number of hydrogen-bond donors (Lipinski definition) is 0. The number of morpholine rings is 1. The van der Waals surface area contributed by atoms with Crippen LogP contribution >= 0.6 is 11.3 Å². The Hall–Kier alpha value is -1.76. The second kappa shape index (κ2) is 7.42. The summed E-state index contributed by atoms with van der Waals surface area (Å²) in [5, 5.41) is 3.11. The highest BCUT2D eigenvalue weighted by Crippen LogP contribution is 2.26. The Balaban J connectivity index is 1.67. The van der Waals surface area contributed by atoms with Crippen LogP contribution in [0.3, 0.4) is 0 Å². The van der Waals surface area contributed by atoms with Crippen LogP contribution in [-0.2, 0) is 11.3 Å². The maximum Gasteiger partial charge on any atom is 0.253 e. The smallest absolute Gasteiger partial charge is 0.253 e. The molecule has 24 heavy (non-hydrogen) atoms. The monoisotopic (exact) mass is 345 g/mol. The van der Waals surface area contributed by atoms with Crippen molar-refractivity contribution in [3.63, 3.8) is 0 Å². The van der Waals surface area contributed by atoms with Crippen LogP contribution in [0.25, 0.3) is 0 Å². The summed E-state index contributed by atoms with van der Waals surface area (Å²) >= 11 is 1.66. The van der Waals surface area contributed by atoms with Crippen LogP contribution in [0.2, 0.25) is 0 Å². The number of carbonyl (C=O) groups excluding carboxylic acids is 1. The average molecular weight is 345 g/mol. The minimum absolute atomic E-state index is 0.0370. The molecule has 0 spiro atoms. The van der Waals surface area contributed by atoms with Crippen LogP contribution in [-0.4, -0.2) is 54.5 Å². The zero-order valence-corrected chi connectivity index (χ0v) is 15.2. The summed E-state index contributed by atoms with van der Waals surface area (Å²) in [5.41, 5.74) is 2.93. The van der Waals surface area contributed by atoms with E-state index >= 15 is 0 Å².